The highest BCUT2D eigenvalue weighted by Gasteiger charge is 2.36. The van der Waals surface area contributed by atoms with E-state index in [4.69, 9.17) is 16.7 Å². The smallest absolute Gasteiger partial charge is 0.270 e. The van der Waals surface area contributed by atoms with E-state index in [2.05, 4.69) is 35.2 Å². The second kappa shape index (κ2) is 7.56. The zero-order chi connectivity index (χ0) is 19.7. The largest absolute Gasteiger partial charge is 0.348 e. The first-order valence-electron chi connectivity index (χ1n) is 8.99. The quantitative estimate of drug-likeness (QED) is 0.601. The fraction of sp³-hybridized carbons (Fsp3) is 0.300. The van der Waals surface area contributed by atoms with Crippen LogP contribution in [0.25, 0.3) is 11.1 Å². The predicted octanol–water partition coefficient (Wildman–Crippen LogP) is 4.26. The summed E-state index contributed by atoms with van der Waals surface area (Å²) >= 11 is 7.65. The molecule has 6 nitrogen and oxygen atoms in total. The molecule has 3 heterocycles. The van der Waals surface area contributed by atoms with E-state index < -0.39 is 0 Å². The van der Waals surface area contributed by atoms with Crippen LogP contribution in [0.3, 0.4) is 0 Å². The third-order valence-corrected chi connectivity index (χ3v) is 5.80. The number of rotatable bonds is 4. The Morgan fingerprint density at radius 1 is 1.36 bits per heavy atom. The van der Waals surface area contributed by atoms with Crippen molar-refractivity contribution >= 4 is 40.7 Å². The van der Waals surface area contributed by atoms with Crippen molar-refractivity contribution in [2.24, 2.45) is 9.98 Å². The van der Waals surface area contributed by atoms with Crippen LogP contribution < -0.4 is 5.32 Å². The molecule has 0 bridgehead atoms. The molecule has 0 radical (unpaired) electrons. The highest BCUT2D eigenvalue weighted by molar-refractivity contribution is 8.16. The van der Waals surface area contributed by atoms with Crippen molar-refractivity contribution < 1.29 is 4.79 Å². The number of nitrogens with one attached hydrogen (secondary N) is 1. The van der Waals surface area contributed by atoms with Gasteiger partial charge in [-0.2, -0.15) is 5.10 Å². The highest BCUT2D eigenvalue weighted by Crippen LogP contribution is 2.34. The molecule has 2 aliphatic heterocycles. The molecule has 0 unspecified atom stereocenters. The third kappa shape index (κ3) is 3.64. The molecule has 8 heteroatoms. The van der Waals surface area contributed by atoms with E-state index in [1.54, 1.807) is 18.1 Å². The van der Waals surface area contributed by atoms with E-state index in [0.29, 0.717) is 23.8 Å². The van der Waals surface area contributed by atoms with Gasteiger partial charge in [-0.05, 0) is 37.0 Å². The van der Waals surface area contributed by atoms with E-state index in [1.165, 1.54) is 0 Å². The van der Waals surface area contributed by atoms with Crippen LogP contribution in [0, 0.1) is 0 Å². The number of hydrogen-bond donors (Lipinski definition) is 1. The van der Waals surface area contributed by atoms with Gasteiger partial charge < -0.3 is 5.32 Å². The number of thioether (sulfide) groups is 1. The first kappa shape index (κ1) is 19.0. The number of allylic oxidation sites excluding steroid dienone is 1. The molecule has 1 aromatic heterocycles. The van der Waals surface area contributed by atoms with E-state index in [9.17, 15) is 4.79 Å². The summed E-state index contributed by atoms with van der Waals surface area (Å²) in [6, 6.07) is 7.44. The maximum absolute atomic E-state index is 12.7. The molecule has 0 saturated carbocycles. The molecular weight excluding hydrogens is 394 g/mol. The monoisotopic (exact) mass is 413 g/mol. The summed E-state index contributed by atoms with van der Waals surface area (Å²) in [7, 11) is 0. The number of aromatic nitrogens is 2. The molecule has 1 N–H and O–H groups in total. The number of benzene rings is 1. The summed E-state index contributed by atoms with van der Waals surface area (Å²) in [6.45, 7) is 4.98. The lowest BCUT2D eigenvalue weighted by molar-refractivity contribution is 0.0878. The minimum Gasteiger partial charge on any atom is -0.348 e. The Labute approximate surface area is 172 Å². The Kier molecular flexibility index (Phi) is 5.12. The van der Waals surface area contributed by atoms with Gasteiger partial charge in [0.2, 0.25) is 0 Å². The fourth-order valence-corrected chi connectivity index (χ4v) is 4.01. The van der Waals surface area contributed by atoms with Gasteiger partial charge in [-0.3, -0.25) is 14.5 Å². The molecule has 1 amide bonds. The fourth-order valence-electron chi connectivity index (χ4n) is 3.24. The SMILES string of the molecule is CC1(C)CNC(=O)c2c(-c3ccc(Cl)cc3)c(CN=CN=C3CC=CS3)nn21. The van der Waals surface area contributed by atoms with Crippen molar-refractivity contribution in [2.45, 2.75) is 32.4 Å². The van der Waals surface area contributed by atoms with E-state index in [1.807, 2.05) is 34.4 Å². The van der Waals surface area contributed by atoms with Crippen molar-refractivity contribution in [1.82, 2.24) is 15.1 Å². The third-order valence-electron chi connectivity index (χ3n) is 4.68. The Bertz CT molecular complexity index is 994. The average molecular weight is 414 g/mol. The van der Waals surface area contributed by atoms with Crippen LogP contribution in [0.15, 0.2) is 45.7 Å². The van der Waals surface area contributed by atoms with Gasteiger partial charge in [-0.1, -0.05) is 41.6 Å². The van der Waals surface area contributed by atoms with Crippen LogP contribution >= 0.6 is 23.4 Å². The zero-order valence-electron chi connectivity index (χ0n) is 15.6. The maximum atomic E-state index is 12.7. The van der Waals surface area contributed by atoms with Crippen LogP contribution in [0.1, 0.15) is 36.5 Å². The first-order valence-corrected chi connectivity index (χ1v) is 10.2. The van der Waals surface area contributed by atoms with Gasteiger partial charge >= 0.3 is 0 Å². The van der Waals surface area contributed by atoms with Crippen LogP contribution in [0.4, 0.5) is 0 Å². The van der Waals surface area contributed by atoms with Gasteiger partial charge in [0.1, 0.15) is 12.0 Å². The molecule has 4 rings (SSSR count). The standard InChI is InChI=1S/C20H20ClN5OS/c1-20(2)11-23-19(27)18-17(13-5-7-14(21)8-6-13)15(25-26(18)20)10-22-12-24-16-4-3-9-28-16/h3,5-9,12H,4,10-11H2,1-2H3,(H,23,27). The number of fused-ring (bicyclic) bond motifs is 1. The topological polar surface area (TPSA) is 71.6 Å². The molecule has 0 spiro atoms. The molecule has 0 atom stereocenters. The van der Waals surface area contributed by atoms with Gasteiger partial charge in [-0.25, -0.2) is 4.99 Å². The van der Waals surface area contributed by atoms with E-state index in [0.717, 1.165) is 28.3 Å². The zero-order valence-corrected chi connectivity index (χ0v) is 17.2. The number of nitrogens with zero attached hydrogens (tertiary/aromatic N) is 4. The van der Waals surface area contributed by atoms with Crippen LogP contribution in [0.5, 0.6) is 0 Å². The minimum atomic E-state index is -0.321. The highest BCUT2D eigenvalue weighted by atomic mass is 35.5. The summed E-state index contributed by atoms with van der Waals surface area (Å²) < 4.78 is 1.82. The van der Waals surface area contributed by atoms with Gasteiger partial charge in [0.25, 0.3) is 5.91 Å². The Morgan fingerprint density at radius 3 is 2.86 bits per heavy atom. The molecule has 0 saturated heterocycles. The van der Waals surface area contributed by atoms with Gasteiger partial charge in [0, 0.05) is 23.6 Å². The summed E-state index contributed by atoms with van der Waals surface area (Å²) in [5, 5.41) is 11.4. The summed E-state index contributed by atoms with van der Waals surface area (Å²) in [6.07, 6.45) is 4.49. The second-order valence-corrected chi connectivity index (χ2v) is 8.67. The van der Waals surface area contributed by atoms with E-state index in [-0.39, 0.29) is 11.4 Å². The van der Waals surface area contributed by atoms with Crippen molar-refractivity contribution in [1.29, 1.82) is 0 Å². The second-order valence-electron chi connectivity index (χ2n) is 7.26. The van der Waals surface area contributed by atoms with Crippen LogP contribution in [0.2, 0.25) is 5.02 Å². The predicted molar refractivity (Wildman–Crippen MR) is 115 cm³/mol. The molecular formula is C20H20ClN5OS. The van der Waals surface area contributed by atoms with Gasteiger partial charge in [0.05, 0.1) is 22.8 Å². The number of halogens is 1. The number of carbonyl (C=O) groups excluding carboxylic acids is 1. The summed E-state index contributed by atoms with van der Waals surface area (Å²) in [5.41, 5.74) is 2.68. The van der Waals surface area contributed by atoms with Gasteiger partial charge in [-0.15, -0.1) is 0 Å². The molecule has 0 fully saturated rings. The molecule has 1 aromatic carbocycles. The van der Waals surface area contributed by atoms with Crippen LogP contribution in [-0.4, -0.2) is 33.6 Å². The molecule has 2 aliphatic rings. The average Bonchev–Trinajstić information content (AvgIpc) is 3.31. The number of carbonyl (C=O) groups is 1. The number of amides is 1. The lowest BCUT2D eigenvalue weighted by Gasteiger charge is -2.32. The van der Waals surface area contributed by atoms with Crippen LogP contribution in [-0.2, 0) is 12.1 Å². The molecule has 144 valence electrons. The maximum Gasteiger partial charge on any atom is 0.270 e. The summed E-state index contributed by atoms with van der Waals surface area (Å²) in [5.74, 6) is -0.124. The van der Waals surface area contributed by atoms with Crippen molar-refractivity contribution in [2.75, 3.05) is 6.54 Å². The van der Waals surface area contributed by atoms with Crippen molar-refractivity contribution in [3.05, 3.63) is 52.2 Å². The minimum absolute atomic E-state index is 0.124. The Balaban J connectivity index is 1.74. The molecule has 2 aromatic rings. The molecule has 0 aliphatic carbocycles. The van der Waals surface area contributed by atoms with E-state index >= 15 is 0 Å². The molecule has 28 heavy (non-hydrogen) atoms. The summed E-state index contributed by atoms with van der Waals surface area (Å²) in [4.78, 5) is 21.5. The first-order chi connectivity index (χ1) is 13.5. The Morgan fingerprint density at radius 2 is 2.14 bits per heavy atom. The number of aliphatic imine (C=N–C) groups is 2. The normalized spacial score (nSPS) is 19.4. The number of hydrogen-bond acceptors (Lipinski definition) is 4. The van der Waals surface area contributed by atoms with Crippen molar-refractivity contribution in [3.63, 3.8) is 0 Å². The van der Waals surface area contributed by atoms with Gasteiger partial charge in [0.15, 0.2) is 0 Å². The Hall–Kier alpha value is -2.38. The van der Waals surface area contributed by atoms with Crippen molar-refractivity contribution in [3.8, 4) is 11.1 Å². The lowest BCUT2D eigenvalue weighted by Crippen LogP contribution is -2.48. The lowest BCUT2D eigenvalue weighted by atomic mass is 9.98.